The number of methoxy groups -OCH3 is 1. The molecule has 0 spiro atoms. The Labute approximate surface area is 254 Å². The van der Waals surface area contributed by atoms with Crippen LogP contribution in [0.25, 0.3) is 0 Å². The van der Waals surface area contributed by atoms with E-state index in [1.165, 1.54) is 18.1 Å². The predicted molar refractivity (Wildman–Crippen MR) is 147 cm³/mol. The van der Waals surface area contributed by atoms with E-state index in [1.54, 1.807) is 0 Å². The Morgan fingerprint density at radius 1 is 1.07 bits per heavy atom. The van der Waals surface area contributed by atoms with Crippen molar-refractivity contribution in [3.63, 3.8) is 0 Å². The van der Waals surface area contributed by atoms with Gasteiger partial charge in [0.2, 0.25) is 6.43 Å². The fourth-order valence-electron chi connectivity index (χ4n) is 6.25. The number of pyridine rings is 1. The molecule has 2 atom stereocenters. The number of hydrogen-bond donors (Lipinski definition) is 2. The van der Waals surface area contributed by atoms with Gasteiger partial charge in [0, 0.05) is 61.4 Å². The molecule has 2 aliphatic heterocycles. The second-order valence-electron chi connectivity index (χ2n) is 11.2. The number of ether oxygens (including phenoxy) is 2. The van der Waals surface area contributed by atoms with Crippen LogP contribution in [-0.4, -0.2) is 75.4 Å². The van der Waals surface area contributed by atoms with E-state index in [1.807, 2.05) is 0 Å². The second kappa shape index (κ2) is 13.3. The van der Waals surface area contributed by atoms with E-state index >= 15 is 8.78 Å². The molecular formula is C29H32F7N5O4. The first-order valence-corrected chi connectivity index (χ1v) is 14.5. The largest absolute Gasteiger partial charge is 0.497 e. The Kier molecular flexibility index (Phi) is 9.60. The number of aromatic nitrogens is 1. The van der Waals surface area contributed by atoms with Crippen molar-refractivity contribution in [3.05, 3.63) is 47.2 Å². The zero-order valence-electron chi connectivity index (χ0n) is 24.2. The zero-order chi connectivity index (χ0) is 32.5. The number of amides is 3. The zero-order valence-corrected chi connectivity index (χ0v) is 24.2. The summed E-state index contributed by atoms with van der Waals surface area (Å²) in [5.41, 5.74) is -2.08. The molecule has 1 aromatic carbocycles. The predicted octanol–water partition coefficient (Wildman–Crippen LogP) is 4.85. The first kappa shape index (κ1) is 32.6. The second-order valence-corrected chi connectivity index (χ2v) is 11.2. The average Bonchev–Trinajstić information content (AvgIpc) is 3.31. The molecule has 1 saturated carbocycles. The monoisotopic (exact) mass is 647 g/mol. The molecule has 0 bridgehead atoms. The smallest absolute Gasteiger partial charge is 0.421 e. The summed E-state index contributed by atoms with van der Waals surface area (Å²) < 4.78 is 111. The Morgan fingerprint density at radius 2 is 1.71 bits per heavy atom. The normalized spacial score (nSPS) is 24.2. The maximum atomic E-state index is 15.3. The molecule has 45 heavy (non-hydrogen) atoms. The van der Waals surface area contributed by atoms with Gasteiger partial charge in [-0.25, -0.2) is 27.3 Å². The number of benzene rings is 1. The highest BCUT2D eigenvalue weighted by Crippen LogP contribution is 2.45. The number of hydrogen-bond acceptors (Lipinski definition) is 6. The van der Waals surface area contributed by atoms with Gasteiger partial charge in [-0.15, -0.1) is 0 Å². The van der Waals surface area contributed by atoms with Gasteiger partial charge in [-0.1, -0.05) is 0 Å². The number of carbonyl (C=O) groups excluding carboxylic acids is 2. The number of carbonyl (C=O) groups is 2. The molecule has 3 fully saturated rings. The molecule has 3 aliphatic rings. The molecule has 3 heterocycles. The minimum atomic E-state index is -4.98. The van der Waals surface area contributed by atoms with Crippen LogP contribution in [0, 0.1) is 17.6 Å². The first-order chi connectivity index (χ1) is 21.4. The van der Waals surface area contributed by atoms with E-state index in [4.69, 9.17) is 9.47 Å². The lowest BCUT2D eigenvalue weighted by molar-refractivity contribution is -0.137. The fraction of sp³-hybridized carbons (Fsp3) is 0.552. The third kappa shape index (κ3) is 6.89. The van der Waals surface area contributed by atoms with Gasteiger partial charge in [-0.2, -0.15) is 13.2 Å². The van der Waals surface area contributed by atoms with E-state index in [2.05, 4.69) is 15.6 Å². The third-order valence-corrected chi connectivity index (χ3v) is 8.52. The quantitative estimate of drug-likeness (QED) is 0.418. The highest BCUT2D eigenvalue weighted by atomic mass is 19.4. The molecule has 2 saturated heterocycles. The van der Waals surface area contributed by atoms with Crippen molar-refractivity contribution in [2.75, 3.05) is 49.8 Å². The molecule has 1 aromatic heterocycles. The molecule has 0 radical (unpaired) electrons. The minimum absolute atomic E-state index is 0.148. The van der Waals surface area contributed by atoms with Crippen LogP contribution in [-0.2, 0) is 15.7 Å². The van der Waals surface area contributed by atoms with Crippen LogP contribution in [0.1, 0.15) is 42.7 Å². The molecule has 5 rings (SSSR count). The van der Waals surface area contributed by atoms with Crippen LogP contribution in [0.15, 0.2) is 24.4 Å². The molecule has 1 aliphatic carbocycles. The standard InChI is InChI=1S/C29H32F7N5O4/c1-44-17-12-19(30)22(20(31)13-17)18-14-41(26-23(29(34,35)36)21(6-7-37-26)40-8-10-45-11-9-40)27(42)24(18)39-28(43)38-16-4-2-15(3-5-16)25(32)33/h6-7,12-13,15-16,18,24-25H,2-5,8-11,14H2,1H3,(H2,38,39,43)/t15-,16-,18-,24-/m0/s1. The summed E-state index contributed by atoms with van der Waals surface area (Å²) in [6, 6.07) is -0.240. The Morgan fingerprint density at radius 3 is 2.29 bits per heavy atom. The number of urea groups is 1. The van der Waals surface area contributed by atoms with Crippen molar-refractivity contribution in [2.24, 2.45) is 5.92 Å². The number of morpholine rings is 1. The maximum Gasteiger partial charge on any atom is 0.421 e. The summed E-state index contributed by atoms with van der Waals surface area (Å²) in [4.78, 5) is 32.9. The lowest BCUT2D eigenvalue weighted by atomic mass is 9.86. The van der Waals surface area contributed by atoms with Crippen molar-refractivity contribution in [2.45, 2.75) is 56.3 Å². The van der Waals surface area contributed by atoms with Crippen LogP contribution in [0.2, 0.25) is 0 Å². The van der Waals surface area contributed by atoms with Crippen LogP contribution >= 0.6 is 0 Å². The van der Waals surface area contributed by atoms with Crippen LogP contribution in [0.3, 0.4) is 0 Å². The van der Waals surface area contributed by atoms with Crippen molar-refractivity contribution >= 4 is 23.4 Å². The number of rotatable bonds is 7. The Bertz CT molecular complexity index is 1370. The van der Waals surface area contributed by atoms with E-state index in [0.717, 1.165) is 18.3 Å². The summed E-state index contributed by atoms with van der Waals surface area (Å²) in [7, 11) is 1.18. The van der Waals surface area contributed by atoms with Gasteiger partial charge in [0.15, 0.2) is 0 Å². The highest BCUT2D eigenvalue weighted by Gasteiger charge is 2.49. The summed E-state index contributed by atoms with van der Waals surface area (Å²) in [5, 5.41) is 4.99. The lowest BCUT2D eigenvalue weighted by Crippen LogP contribution is -2.51. The van der Waals surface area contributed by atoms with Crippen molar-refractivity contribution in [1.29, 1.82) is 0 Å². The summed E-state index contributed by atoms with van der Waals surface area (Å²) in [6.07, 6.45) is -5.56. The lowest BCUT2D eigenvalue weighted by Gasteiger charge is -2.32. The fourth-order valence-corrected chi connectivity index (χ4v) is 6.25. The average molecular weight is 648 g/mol. The Balaban J connectivity index is 1.49. The van der Waals surface area contributed by atoms with Gasteiger partial charge in [0.05, 0.1) is 26.0 Å². The van der Waals surface area contributed by atoms with E-state index in [-0.39, 0.29) is 63.4 Å². The molecule has 3 amide bonds. The van der Waals surface area contributed by atoms with Crippen LogP contribution in [0.5, 0.6) is 5.75 Å². The number of anilines is 2. The van der Waals surface area contributed by atoms with Gasteiger partial charge < -0.3 is 25.0 Å². The maximum absolute atomic E-state index is 15.3. The Hall–Kier alpha value is -3.82. The molecule has 2 N–H and O–H groups in total. The van der Waals surface area contributed by atoms with Gasteiger partial charge >= 0.3 is 12.2 Å². The summed E-state index contributed by atoms with van der Waals surface area (Å²) >= 11 is 0. The number of alkyl halides is 5. The molecule has 16 heteroatoms. The SMILES string of the molecule is COc1cc(F)c([C@@H]2CN(c3nccc(N4CCOCC4)c3C(F)(F)F)C(=O)[C@H]2NC(=O)N[C@H]2CC[C@H](C(F)F)CC2)c(F)c1. The molecule has 2 aromatic rings. The highest BCUT2D eigenvalue weighted by molar-refractivity contribution is 6.03. The van der Waals surface area contributed by atoms with E-state index in [9.17, 15) is 31.5 Å². The van der Waals surface area contributed by atoms with E-state index < -0.39 is 83.6 Å². The van der Waals surface area contributed by atoms with Crippen molar-refractivity contribution in [3.8, 4) is 5.75 Å². The topological polar surface area (TPSA) is 96.0 Å². The van der Waals surface area contributed by atoms with Gasteiger partial charge in [-0.05, 0) is 31.7 Å². The van der Waals surface area contributed by atoms with Crippen LogP contribution in [0.4, 0.5) is 47.0 Å². The number of nitrogens with one attached hydrogen (secondary N) is 2. The third-order valence-electron chi connectivity index (χ3n) is 8.52. The van der Waals surface area contributed by atoms with E-state index in [0.29, 0.717) is 4.90 Å². The summed E-state index contributed by atoms with van der Waals surface area (Å²) in [5.74, 6) is -6.54. The van der Waals surface area contributed by atoms with Gasteiger partial charge in [0.1, 0.15) is 34.8 Å². The number of halogens is 7. The van der Waals surface area contributed by atoms with Crippen LogP contribution < -0.4 is 25.2 Å². The van der Waals surface area contributed by atoms with Gasteiger partial charge in [-0.3, -0.25) is 9.69 Å². The minimum Gasteiger partial charge on any atom is -0.497 e. The molecular weight excluding hydrogens is 615 g/mol. The molecule has 9 nitrogen and oxygen atoms in total. The number of nitrogens with zero attached hydrogens (tertiary/aromatic N) is 3. The van der Waals surface area contributed by atoms with Gasteiger partial charge in [0.25, 0.3) is 5.91 Å². The molecule has 246 valence electrons. The first-order valence-electron chi connectivity index (χ1n) is 14.5. The van der Waals surface area contributed by atoms with Crippen molar-refractivity contribution in [1.82, 2.24) is 15.6 Å². The van der Waals surface area contributed by atoms with Crippen molar-refractivity contribution < 1.29 is 49.8 Å². The molecule has 0 unspecified atom stereocenters. The summed E-state index contributed by atoms with van der Waals surface area (Å²) in [6.45, 7) is 0.0111.